The minimum absolute atomic E-state index is 0.241. The molecule has 0 radical (unpaired) electrons. The lowest BCUT2D eigenvalue weighted by molar-refractivity contribution is 0.365. The van der Waals surface area contributed by atoms with Gasteiger partial charge in [0.2, 0.25) is 0 Å². The van der Waals surface area contributed by atoms with Crippen LogP contribution in [0.25, 0.3) is 0 Å². The first kappa shape index (κ1) is 15.1. The maximum atomic E-state index is 5.97. The number of halogens is 1. The second-order valence-electron chi connectivity index (χ2n) is 5.54. The highest BCUT2D eigenvalue weighted by Crippen LogP contribution is 2.26. The van der Waals surface area contributed by atoms with Crippen LogP contribution < -0.4 is 5.32 Å². The topological polar surface area (TPSA) is 29.9 Å². The summed E-state index contributed by atoms with van der Waals surface area (Å²) >= 11 is 5.97. The van der Waals surface area contributed by atoms with E-state index >= 15 is 0 Å². The zero-order chi connectivity index (χ0) is 14.7. The third-order valence-electron chi connectivity index (χ3n) is 3.63. The lowest BCUT2D eigenvalue weighted by atomic mass is 9.95. The maximum absolute atomic E-state index is 5.97. The van der Waals surface area contributed by atoms with Crippen molar-refractivity contribution in [2.45, 2.75) is 32.9 Å². The highest BCUT2D eigenvalue weighted by molar-refractivity contribution is 6.30. The number of nitrogens with one attached hydrogen (secondary N) is 1. The van der Waals surface area contributed by atoms with Crippen LogP contribution in [0.15, 0.2) is 36.5 Å². The summed E-state index contributed by atoms with van der Waals surface area (Å²) in [7, 11) is 1.97. The molecule has 0 aliphatic heterocycles. The molecule has 2 atom stereocenters. The summed E-state index contributed by atoms with van der Waals surface area (Å²) in [5.41, 5.74) is 2.45. The lowest BCUT2D eigenvalue weighted by Crippen LogP contribution is -2.29. The van der Waals surface area contributed by atoms with Gasteiger partial charge < -0.3 is 5.32 Å². The van der Waals surface area contributed by atoms with Crippen molar-refractivity contribution in [1.29, 1.82) is 0 Å². The Morgan fingerprint density at radius 3 is 2.25 bits per heavy atom. The molecule has 2 aromatic rings. The minimum atomic E-state index is 0.241. The Balaban J connectivity index is 2.18. The van der Waals surface area contributed by atoms with Crippen LogP contribution in [0.1, 0.15) is 44.1 Å². The van der Waals surface area contributed by atoms with Crippen LogP contribution in [0.3, 0.4) is 0 Å². The highest BCUT2D eigenvalue weighted by Gasteiger charge is 2.20. The van der Waals surface area contributed by atoms with E-state index in [-0.39, 0.29) is 12.1 Å². The molecular weight excluding hydrogens is 270 g/mol. The molecule has 0 saturated heterocycles. The number of aromatic nitrogens is 2. The smallest absolute Gasteiger partial charge is 0.0547 e. The predicted molar refractivity (Wildman–Crippen MR) is 83.8 cm³/mol. The van der Waals surface area contributed by atoms with Gasteiger partial charge >= 0.3 is 0 Å². The van der Waals surface area contributed by atoms with Crippen molar-refractivity contribution in [3.8, 4) is 0 Å². The standard InChI is InChI=1S/C16H22ClN3/c1-11(2)16(13-5-7-14(17)8-6-13)19-12(3)15-9-10-18-20(15)4/h5-12,16,19H,1-4H3. The molecule has 1 heterocycles. The van der Waals surface area contributed by atoms with Crippen LogP contribution in [0.5, 0.6) is 0 Å². The van der Waals surface area contributed by atoms with E-state index in [0.717, 1.165) is 5.02 Å². The Hall–Kier alpha value is -1.32. The van der Waals surface area contributed by atoms with Gasteiger partial charge in [-0.15, -0.1) is 0 Å². The zero-order valence-corrected chi connectivity index (χ0v) is 13.2. The number of nitrogens with zero attached hydrogens (tertiary/aromatic N) is 2. The number of hydrogen-bond donors (Lipinski definition) is 1. The third-order valence-corrected chi connectivity index (χ3v) is 3.88. The van der Waals surface area contributed by atoms with Crippen LogP contribution in [-0.4, -0.2) is 9.78 Å². The molecule has 0 spiro atoms. The van der Waals surface area contributed by atoms with Crippen LogP contribution >= 0.6 is 11.6 Å². The largest absolute Gasteiger partial charge is 0.302 e. The Morgan fingerprint density at radius 1 is 1.10 bits per heavy atom. The van der Waals surface area contributed by atoms with Crippen LogP contribution in [0.2, 0.25) is 5.02 Å². The molecule has 20 heavy (non-hydrogen) atoms. The molecule has 0 aliphatic rings. The quantitative estimate of drug-likeness (QED) is 0.898. The lowest BCUT2D eigenvalue weighted by Gasteiger charge is -2.27. The van der Waals surface area contributed by atoms with Gasteiger partial charge in [0.05, 0.1) is 5.69 Å². The molecule has 3 nitrogen and oxygen atoms in total. The van der Waals surface area contributed by atoms with Gasteiger partial charge in [0.1, 0.15) is 0 Å². The average Bonchev–Trinajstić information content (AvgIpc) is 2.83. The Kier molecular flexibility index (Phi) is 4.84. The summed E-state index contributed by atoms with van der Waals surface area (Å²) in [6.45, 7) is 6.62. The number of aryl methyl sites for hydroxylation is 1. The van der Waals surface area contributed by atoms with E-state index in [4.69, 9.17) is 11.6 Å². The van der Waals surface area contributed by atoms with Gasteiger partial charge in [0.15, 0.2) is 0 Å². The number of rotatable bonds is 5. The Morgan fingerprint density at radius 2 is 1.75 bits per heavy atom. The van der Waals surface area contributed by atoms with Crippen molar-refractivity contribution in [2.75, 3.05) is 0 Å². The minimum Gasteiger partial charge on any atom is -0.302 e. The van der Waals surface area contributed by atoms with E-state index in [9.17, 15) is 0 Å². The van der Waals surface area contributed by atoms with E-state index in [1.807, 2.05) is 30.1 Å². The van der Waals surface area contributed by atoms with Crippen molar-refractivity contribution in [1.82, 2.24) is 15.1 Å². The molecule has 2 rings (SSSR count). The van der Waals surface area contributed by atoms with E-state index in [0.29, 0.717) is 5.92 Å². The first-order chi connectivity index (χ1) is 9.49. The molecule has 1 N–H and O–H groups in total. The SMILES string of the molecule is CC(NC(c1ccc(Cl)cc1)C(C)C)c1ccnn1C. The summed E-state index contributed by atoms with van der Waals surface area (Å²) in [5, 5.41) is 8.70. The monoisotopic (exact) mass is 291 g/mol. The molecule has 2 unspecified atom stereocenters. The van der Waals surface area contributed by atoms with Crippen molar-refractivity contribution in [2.24, 2.45) is 13.0 Å². The van der Waals surface area contributed by atoms with Crippen LogP contribution in [-0.2, 0) is 7.05 Å². The van der Waals surface area contributed by atoms with Gasteiger partial charge in [-0.3, -0.25) is 4.68 Å². The third kappa shape index (κ3) is 3.41. The summed E-state index contributed by atoms with van der Waals surface area (Å²) in [6.07, 6.45) is 1.83. The molecular formula is C16H22ClN3. The second-order valence-corrected chi connectivity index (χ2v) is 5.98. The molecule has 0 amide bonds. The molecule has 108 valence electrons. The molecule has 0 bridgehead atoms. The van der Waals surface area contributed by atoms with Gasteiger partial charge in [0.25, 0.3) is 0 Å². The van der Waals surface area contributed by atoms with Crippen molar-refractivity contribution in [3.63, 3.8) is 0 Å². The molecule has 1 aromatic heterocycles. The van der Waals surface area contributed by atoms with E-state index in [2.05, 4.69) is 49.4 Å². The molecule has 0 aliphatic carbocycles. The summed E-state index contributed by atoms with van der Waals surface area (Å²) in [5.74, 6) is 0.492. The van der Waals surface area contributed by atoms with Gasteiger partial charge in [-0.05, 0) is 36.6 Å². The van der Waals surface area contributed by atoms with Crippen molar-refractivity contribution < 1.29 is 0 Å². The maximum Gasteiger partial charge on any atom is 0.0547 e. The summed E-state index contributed by atoms with van der Waals surface area (Å²) in [6, 6.07) is 10.7. The Bertz CT molecular complexity index is 545. The number of benzene rings is 1. The van der Waals surface area contributed by atoms with Gasteiger partial charge in [-0.25, -0.2) is 0 Å². The van der Waals surface area contributed by atoms with E-state index < -0.39 is 0 Å². The van der Waals surface area contributed by atoms with Gasteiger partial charge in [0, 0.05) is 30.4 Å². The normalized spacial score (nSPS) is 14.5. The van der Waals surface area contributed by atoms with Gasteiger partial charge in [-0.2, -0.15) is 5.10 Å². The molecule has 1 aromatic carbocycles. The highest BCUT2D eigenvalue weighted by atomic mass is 35.5. The molecule has 0 fully saturated rings. The van der Waals surface area contributed by atoms with E-state index in [1.54, 1.807) is 0 Å². The fraction of sp³-hybridized carbons (Fsp3) is 0.438. The fourth-order valence-corrected chi connectivity index (χ4v) is 2.63. The molecule has 0 saturated carbocycles. The summed E-state index contributed by atoms with van der Waals surface area (Å²) in [4.78, 5) is 0. The number of hydrogen-bond acceptors (Lipinski definition) is 2. The van der Waals surface area contributed by atoms with Gasteiger partial charge in [-0.1, -0.05) is 37.6 Å². The second kappa shape index (κ2) is 6.42. The molecule has 4 heteroatoms. The first-order valence-electron chi connectivity index (χ1n) is 6.98. The van der Waals surface area contributed by atoms with Crippen molar-refractivity contribution in [3.05, 3.63) is 52.8 Å². The average molecular weight is 292 g/mol. The fourth-order valence-electron chi connectivity index (χ4n) is 2.51. The zero-order valence-electron chi connectivity index (χ0n) is 12.5. The van der Waals surface area contributed by atoms with Crippen molar-refractivity contribution >= 4 is 11.6 Å². The van der Waals surface area contributed by atoms with Crippen LogP contribution in [0, 0.1) is 5.92 Å². The van der Waals surface area contributed by atoms with E-state index in [1.165, 1.54) is 11.3 Å². The van der Waals surface area contributed by atoms with Crippen LogP contribution in [0.4, 0.5) is 0 Å². The predicted octanol–water partition coefficient (Wildman–Crippen LogP) is 4.12. The summed E-state index contributed by atoms with van der Waals surface area (Å²) < 4.78 is 1.91. The Labute approximate surface area is 126 Å². The first-order valence-corrected chi connectivity index (χ1v) is 7.36.